The zero-order chi connectivity index (χ0) is 20.1. The van der Waals surface area contributed by atoms with Gasteiger partial charge in [0.05, 0.1) is 17.5 Å². The lowest BCUT2D eigenvalue weighted by atomic mass is 9.84. The number of rotatable bonds is 6. The molecule has 1 aromatic carbocycles. The van der Waals surface area contributed by atoms with Crippen LogP contribution in [-0.4, -0.2) is 36.8 Å². The summed E-state index contributed by atoms with van der Waals surface area (Å²) in [6.45, 7) is 2.21. The van der Waals surface area contributed by atoms with Gasteiger partial charge in [-0.25, -0.2) is 4.68 Å². The molecule has 2 aromatic rings. The third-order valence-electron chi connectivity index (χ3n) is 5.49. The van der Waals surface area contributed by atoms with E-state index in [2.05, 4.69) is 57.4 Å². The average molecular weight is 381 g/mol. The van der Waals surface area contributed by atoms with Gasteiger partial charge < -0.3 is 16.1 Å². The quantitative estimate of drug-likeness (QED) is 0.455. The third kappa shape index (κ3) is 4.06. The van der Waals surface area contributed by atoms with E-state index >= 15 is 0 Å². The highest BCUT2D eigenvalue weighted by molar-refractivity contribution is 6.02. The Hall–Kier alpha value is -2.76. The van der Waals surface area contributed by atoms with Gasteiger partial charge in [0, 0.05) is 27.1 Å². The largest absolute Gasteiger partial charge is 0.382 e. The van der Waals surface area contributed by atoms with Crippen molar-refractivity contribution in [1.82, 2.24) is 15.2 Å². The second-order valence-electron chi connectivity index (χ2n) is 7.62. The van der Waals surface area contributed by atoms with Crippen molar-refractivity contribution in [1.29, 1.82) is 0 Å². The SMILES string of the molecule is CN/N=C(\N)c1cnn(/C(=C(\C)c2ccccc2)C2CCCCC2)c1N(C)C. The van der Waals surface area contributed by atoms with E-state index in [4.69, 9.17) is 10.8 Å². The minimum atomic E-state index is 0.442. The Kier molecular flexibility index (Phi) is 6.39. The van der Waals surface area contributed by atoms with Crippen LogP contribution in [0.4, 0.5) is 5.82 Å². The standard InChI is InChI=1S/C22H32N6/c1-16(17-11-7-5-8-12-17)20(18-13-9-6-10-14-18)28-22(27(3)4)19(15-25-28)21(23)26-24-2/h5,7-8,11-12,15,18,24H,6,9-10,13-14H2,1-4H3,(H2,23,26)/b20-16+. The molecule has 0 aliphatic heterocycles. The maximum Gasteiger partial charge on any atom is 0.155 e. The van der Waals surface area contributed by atoms with Crippen LogP contribution < -0.4 is 16.1 Å². The zero-order valence-electron chi connectivity index (χ0n) is 17.4. The monoisotopic (exact) mass is 380 g/mol. The summed E-state index contributed by atoms with van der Waals surface area (Å²) >= 11 is 0. The normalized spacial score (nSPS) is 16.6. The van der Waals surface area contributed by atoms with E-state index in [-0.39, 0.29) is 0 Å². The van der Waals surface area contributed by atoms with Crippen molar-refractivity contribution in [3.63, 3.8) is 0 Å². The summed E-state index contributed by atoms with van der Waals surface area (Å²) in [7, 11) is 5.81. The highest BCUT2D eigenvalue weighted by atomic mass is 15.4. The van der Waals surface area contributed by atoms with Gasteiger partial charge in [-0.05, 0) is 30.9 Å². The van der Waals surface area contributed by atoms with Crippen molar-refractivity contribution in [2.45, 2.75) is 39.0 Å². The van der Waals surface area contributed by atoms with Crippen LogP contribution in [0.15, 0.2) is 41.6 Å². The number of allylic oxidation sites excluding steroid dienone is 2. The minimum Gasteiger partial charge on any atom is -0.382 e. The number of hydrogen-bond acceptors (Lipinski definition) is 4. The summed E-state index contributed by atoms with van der Waals surface area (Å²) < 4.78 is 2.09. The number of nitrogens with one attached hydrogen (secondary N) is 1. The molecule has 0 saturated heterocycles. The molecule has 6 nitrogen and oxygen atoms in total. The van der Waals surface area contributed by atoms with Crippen LogP contribution in [0.25, 0.3) is 11.3 Å². The molecule has 28 heavy (non-hydrogen) atoms. The number of nitrogens with zero attached hydrogens (tertiary/aromatic N) is 4. The molecule has 0 unspecified atom stereocenters. The molecular weight excluding hydrogens is 348 g/mol. The fourth-order valence-corrected chi connectivity index (χ4v) is 4.16. The zero-order valence-corrected chi connectivity index (χ0v) is 17.4. The molecule has 1 aliphatic rings. The Bertz CT molecular complexity index is 841. The van der Waals surface area contributed by atoms with Gasteiger partial charge in [0.15, 0.2) is 5.84 Å². The summed E-state index contributed by atoms with van der Waals surface area (Å²) in [4.78, 5) is 2.07. The number of hydrazone groups is 1. The number of hydrogen-bond donors (Lipinski definition) is 2. The Morgan fingerprint density at radius 2 is 1.86 bits per heavy atom. The fourth-order valence-electron chi connectivity index (χ4n) is 4.16. The Morgan fingerprint density at radius 1 is 1.18 bits per heavy atom. The first-order valence-electron chi connectivity index (χ1n) is 10.1. The lowest BCUT2D eigenvalue weighted by molar-refractivity contribution is 0.417. The van der Waals surface area contributed by atoms with Gasteiger partial charge in [0.2, 0.25) is 0 Å². The topological polar surface area (TPSA) is 71.5 Å². The molecular formula is C22H32N6. The maximum atomic E-state index is 6.21. The van der Waals surface area contributed by atoms with Crippen molar-refractivity contribution < 1.29 is 0 Å². The van der Waals surface area contributed by atoms with Crippen LogP contribution >= 0.6 is 0 Å². The van der Waals surface area contributed by atoms with Crippen molar-refractivity contribution in [3.8, 4) is 0 Å². The Balaban J connectivity index is 2.20. The Morgan fingerprint density at radius 3 is 2.46 bits per heavy atom. The molecule has 0 atom stereocenters. The van der Waals surface area contributed by atoms with E-state index in [1.54, 1.807) is 7.05 Å². The first kappa shape index (κ1) is 20.0. The highest BCUT2D eigenvalue weighted by Gasteiger charge is 2.27. The molecule has 3 N–H and O–H groups in total. The second-order valence-corrected chi connectivity index (χ2v) is 7.62. The van der Waals surface area contributed by atoms with E-state index in [0.29, 0.717) is 11.8 Å². The van der Waals surface area contributed by atoms with Crippen LogP contribution in [0.5, 0.6) is 0 Å². The van der Waals surface area contributed by atoms with E-state index in [9.17, 15) is 0 Å². The van der Waals surface area contributed by atoms with E-state index in [0.717, 1.165) is 11.4 Å². The van der Waals surface area contributed by atoms with E-state index in [1.165, 1.54) is 48.9 Å². The van der Waals surface area contributed by atoms with Gasteiger partial charge in [0.25, 0.3) is 0 Å². The van der Waals surface area contributed by atoms with Gasteiger partial charge in [0.1, 0.15) is 5.82 Å². The fraction of sp³-hybridized carbons (Fsp3) is 0.455. The highest BCUT2D eigenvalue weighted by Crippen LogP contribution is 2.39. The molecule has 1 aliphatic carbocycles. The number of nitrogens with two attached hydrogens (primary N) is 1. The van der Waals surface area contributed by atoms with Crippen molar-refractivity contribution in [3.05, 3.63) is 47.7 Å². The predicted molar refractivity (Wildman–Crippen MR) is 118 cm³/mol. The number of amidine groups is 1. The van der Waals surface area contributed by atoms with Gasteiger partial charge in [-0.2, -0.15) is 10.2 Å². The lowest BCUT2D eigenvalue weighted by Crippen LogP contribution is -2.24. The number of benzene rings is 1. The van der Waals surface area contributed by atoms with Gasteiger partial charge in [-0.3, -0.25) is 0 Å². The summed E-state index contributed by atoms with van der Waals surface area (Å²) in [5.41, 5.74) is 13.6. The van der Waals surface area contributed by atoms with Crippen molar-refractivity contribution in [2.24, 2.45) is 16.8 Å². The summed E-state index contributed by atoms with van der Waals surface area (Å²) in [6, 6.07) is 10.6. The predicted octanol–water partition coefficient (Wildman–Crippen LogP) is 3.76. The molecule has 0 bridgehead atoms. The number of aromatic nitrogens is 2. The lowest BCUT2D eigenvalue weighted by Gasteiger charge is -2.29. The van der Waals surface area contributed by atoms with Gasteiger partial charge >= 0.3 is 0 Å². The molecule has 1 saturated carbocycles. The van der Waals surface area contributed by atoms with Crippen LogP contribution in [0.3, 0.4) is 0 Å². The minimum absolute atomic E-state index is 0.442. The molecule has 0 spiro atoms. The number of anilines is 1. The van der Waals surface area contributed by atoms with Crippen molar-refractivity contribution >= 4 is 22.9 Å². The first-order valence-corrected chi connectivity index (χ1v) is 10.1. The van der Waals surface area contributed by atoms with Crippen LogP contribution in [0.1, 0.15) is 50.2 Å². The third-order valence-corrected chi connectivity index (χ3v) is 5.49. The average Bonchev–Trinajstić information content (AvgIpc) is 3.15. The van der Waals surface area contributed by atoms with Gasteiger partial charge in [-0.1, -0.05) is 49.6 Å². The molecule has 150 valence electrons. The Labute approximate surface area is 168 Å². The molecule has 0 radical (unpaired) electrons. The first-order chi connectivity index (χ1) is 13.5. The molecule has 3 rings (SSSR count). The van der Waals surface area contributed by atoms with Crippen LogP contribution in [0, 0.1) is 5.92 Å². The van der Waals surface area contributed by atoms with Gasteiger partial charge in [-0.15, -0.1) is 0 Å². The van der Waals surface area contributed by atoms with Crippen LogP contribution in [0.2, 0.25) is 0 Å². The molecule has 1 aromatic heterocycles. The van der Waals surface area contributed by atoms with E-state index in [1.807, 2.05) is 20.3 Å². The molecule has 0 amide bonds. The summed E-state index contributed by atoms with van der Waals surface area (Å²) in [5, 5.41) is 8.97. The van der Waals surface area contributed by atoms with Crippen LogP contribution in [-0.2, 0) is 0 Å². The van der Waals surface area contributed by atoms with Crippen molar-refractivity contribution in [2.75, 3.05) is 26.0 Å². The second kappa shape index (κ2) is 8.95. The smallest absolute Gasteiger partial charge is 0.155 e. The molecule has 1 fully saturated rings. The maximum absolute atomic E-state index is 6.21. The van der Waals surface area contributed by atoms with E-state index < -0.39 is 0 Å². The molecule has 6 heteroatoms. The summed E-state index contributed by atoms with van der Waals surface area (Å²) in [6.07, 6.45) is 8.08. The molecule has 1 heterocycles. The summed E-state index contributed by atoms with van der Waals surface area (Å²) in [5.74, 6) is 1.90.